The Hall–Kier alpha value is -0.830. The van der Waals surface area contributed by atoms with Crippen LogP contribution in [0.4, 0.5) is 4.39 Å². The van der Waals surface area contributed by atoms with Gasteiger partial charge in [0.15, 0.2) is 0 Å². The fourth-order valence-corrected chi connectivity index (χ4v) is 1.86. The minimum Gasteiger partial charge on any atom is -0.282 e. The highest BCUT2D eigenvalue weighted by Gasteiger charge is 2.04. The van der Waals surface area contributed by atoms with E-state index in [4.69, 9.17) is 0 Å². The van der Waals surface area contributed by atoms with E-state index in [1.165, 1.54) is 11.8 Å². The van der Waals surface area contributed by atoms with Gasteiger partial charge in [-0.1, -0.05) is 42.1 Å². The van der Waals surface area contributed by atoms with Gasteiger partial charge >= 0.3 is 0 Å². The van der Waals surface area contributed by atoms with E-state index in [0.29, 0.717) is 12.2 Å². The molecule has 76 valence electrons. The summed E-state index contributed by atoms with van der Waals surface area (Å²) in [4.78, 5) is 11.5. The second kappa shape index (κ2) is 6.60. The van der Waals surface area contributed by atoms with Gasteiger partial charge in [-0.25, -0.2) is 0 Å². The van der Waals surface area contributed by atoms with Crippen LogP contribution in [0.5, 0.6) is 0 Å². The van der Waals surface area contributed by atoms with Crippen molar-refractivity contribution in [2.75, 3.05) is 12.4 Å². The van der Waals surface area contributed by atoms with Gasteiger partial charge in [-0.05, 0) is 12.8 Å². The third-order valence-corrected chi connectivity index (χ3v) is 2.76. The molecule has 0 aliphatic carbocycles. The van der Waals surface area contributed by atoms with Crippen LogP contribution in [0.15, 0.2) is 30.3 Å². The molecule has 1 aromatic carbocycles. The molecule has 0 heterocycles. The zero-order chi connectivity index (χ0) is 10.2. The maximum atomic E-state index is 11.7. The molecule has 1 aromatic rings. The van der Waals surface area contributed by atoms with Crippen molar-refractivity contribution in [1.29, 1.82) is 0 Å². The molecule has 0 N–H and O–H groups in total. The lowest BCUT2D eigenvalue weighted by Gasteiger charge is -1.99. The summed E-state index contributed by atoms with van der Waals surface area (Å²) < 4.78 is 11.7. The molecule has 0 unspecified atom stereocenters. The number of hydrogen-bond donors (Lipinski definition) is 0. The summed E-state index contributed by atoms with van der Waals surface area (Å²) in [7, 11) is 0. The first-order chi connectivity index (χ1) is 6.84. The van der Waals surface area contributed by atoms with Crippen LogP contribution in [0, 0.1) is 0 Å². The van der Waals surface area contributed by atoms with Gasteiger partial charge in [0.1, 0.15) is 0 Å². The number of carbonyl (C=O) groups is 1. The second-order valence-electron chi connectivity index (χ2n) is 2.90. The molecule has 14 heavy (non-hydrogen) atoms. The normalized spacial score (nSPS) is 10.1. The molecule has 0 fully saturated rings. The van der Waals surface area contributed by atoms with Gasteiger partial charge in [-0.2, -0.15) is 0 Å². The average Bonchev–Trinajstić information content (AvgIpc) is 2.25. The first-order valence-electron chi connectivity index (χ1n) is 4.62. The van der Waals surface area contributed by atoms with Gasteiger partial charge in [-0.3, -0.25) is 9.18 Å². The monoisotopic (exact) mass is 212 g/mol. The lowest BCUT2D eigenvalue weighted by molar-refractivity contribution is 0.108. The Labute approximate surface area is 87.7 Å². The van der Waals surface area contributed by atoms with Crippen molar-refractivity contribution in [3.8, 4) is 0 Å². The van der Waals surface area contributed by atoms with E-state index in [-0.39, 0.29) is 11.8 Å². The van der Waals surface area contributed by atoms with Gasteiger partial charge in [-0.15, -0.1) is 0 Å². The first kappa shape index (κ1) is 11.2. The molecule has 0 saturated heterocycles. The van der Waals surface area contributed by atoms with Crippen molar-refractivity contribution >= 4 is 16.9 Å². The van der Waals surface area contributed by atoms with E-state index < -0.39 is 0 Å². The molecular weight excluding hydrogens is 199 g/mol. The topological polar surface area (TPSA) is 17.1 Å². The lowest BCUT2D eigenvalue weighted by atomic mass is 10.2. The smallest absolute Gasteiger partial charge is 0.219 e. The molecule has 0 aliphatic rings. The standard InChI is InChI=1S/C11H13FOS/c12-8-4-5-9-14-11(13)10-6-2-1-3-7-10/h1-3,6-7H,4-5,8-9H2. The summed E-state index contributed by atoms with van der Waals surface area (Å²) in [6, 6.07) is 9.16. The zero-order valence-corrected chi connectivity index (χ0v) is 8.73. The predicted octanol–water partition coefficient (Wildman–Crippen LogP) is 3.31. The van der Waals surface area contributed by atoms with Gasteiger partial charge < -0.3 is 0 Å². The van der Waals surface area contributed by atoms with E-state index in [1.54, 1.807) is 12.1 Å². The highest BCUT2D eigenvalue weighted by molar-refractivity contribution is 8.14. The third kappa shape index (κ3) is 3.92. The lowest BCUT2D eigenvalue weighted by Crippen LogP contribution is -1.94. The Morgan fingerprint density at radius 1 is 1.21 bits per heavy atom. The number of thioether (sulfide) groups is 1. The summed E-state index contributed by atoms with van der Waals surface area (Å²) in [6.07, 6.45) is 1.31. The Balaban J connectivity index is 2.29. The average molecular weight is 212 g/mol. The molecule has 0 atom stereocenters. The van der Waals surface area contributed by atoms with Crippen molar-refractivity contribution in [2.45, 2.75) is 12.8 Å². The van der Waals surface area contributed by atoms with E-state index in [2.05, 4.69) is 0 Å². The SMILES string of the molecule is O=C(SCCCCF)c1ccccc1. The van der Waals surface area contributed by atoms with E-state index in [1.807, 2.05) is 18.2 Å². The predicted molar refractivity (Wildman–Crippen MR) is 58.4 cm³/mol. The molecule has 1 rings (SSSR count). The molecule has 0 radical (unpaired) electrons. The van der Waals surface area contributed by atoms with Crippen molar-refractivity contribution < 1.29 is 9.18 Å². The number of hydrogen-bond acceptors (Lipinski definition) is 2. The molecule has 0 amide bonds. The number of unbranched alkanes of at least 4 members (excludes halogenated alkanes) is 1. The summed E-state index contributed by atoms with van der Waals surface area (Å²) in [5, 5.41) is 0.0736. The first-order valence-corrected chi connectivity index (χ1v) is 5.61. The fraction of sp³-hybridized carbons (Fsp3) is 0.364. The van der Waals surface area contributed by atoms with Gasteiger partial charge in [0, 0.05) is 11.3 Å². The van der Waals surface area contributed by atoms with Crippen molar-refractivity contribution in [1.82, 2.24) is 0 Å². The van der Waals surface area contributed by atoms with Crippen molar-refractivity contribution in [3.05, 3.63) is 35.9 Å². The summed E-state index contributed by atoms with van der Waals surface area (Å²) in [5.74, 6) is 0.706. The third-order valence-electron chi connectivity index (χ3n) is 1.77. The van der Waals surface area contributed by atoms with E-state index in [0.717, 1.165) is 12.0 Å². The molecule has 0 spiro atoms. The summed E-state index contributed by atoms with van der Waals surface area (Å²) in [6.45, 7) is -0.292. The second-order valence-corrected chi connectivity index (χ2v) is 3.97. The number of rotatable bonds is 5. The van der Waals surface area contributed by atoms with Crippen LogP contribution >= 0.6 is 11.8 Å². The molecule has 1 nitrogen and oxygen atoms in total. The van der Waals surface area contributed by atoms with Crippen LogP contribution in [0.1, 0.15) is 23.2 Å². The van der Waals surface area contributed by atoms with Gasteiger partial charge in [0.05, 0.1) is 6.67 Å². The molecule has 0 saturated carbocycles. The van der Waals surface area contributed by atoms with Gasteiger partial charge in [0.2, 0.25) is 5.12 Å². The van der Waals surface area contributed by atoms with E-state index >= 15 is 0 Å². The number of benzene rings is 1. The molecule has 0 aromatic heterocycles. The van der Waals surface area contributed by atoms with E-state index in [9.17, 15) is 9.18 Å². The quantitative estimate of drug-likeness (QED) is 0.696. The van der Waals surface area contributed by atoms with Crippen molar-refractivity contribution in [3.63, 3.8) is 0 Å². The highest BCUT2D eigenvalue weighted by Crippen LogP contribution is 2.13. The Bertz CT molecular complexity index is 274. The van der Waals surface area contributed by atoms with Crippen LogP contribution < -0.4 is 0 Å². The molecule has 3 heteroatoms. The van der Waals surface area contributed by atoms with Crippen molar-refractivity contribution in [2.24, 2.45) is 0 Å². The number of carbonyl (C=O) groups excluding carboxylic acids is 1. The minimum atomic E-state index is -0.292. The highest BCUT2D eigenvalue weighted by atomic mass is 32.2. The summed E-state index contributed by atoms with van der Waals surface area (Å²) in [5.41, 5.74) is 0.720. The van der Waals surface area contributed by atoms with Crippen LogP contribution in [0.3, 0.4) is 0 Å². The minimum absolute atomic E-state index is 0.0736. The largest absolute Gasteiger partial charge is 0.282 e. The number of halogens is 1. The molecule has 0 aliphatic heterocycles. The Kier molecular flexibility index (Phi) is 5.30. The maximum Gasteiger partial charge on any atom is 0.219 e. The van der Waals surface area contributed by atoms with Gasteiger partial charge in [0.25, 0.3) is 0 Å². The van der Waals surface area contributed by atoms with Crippen LogP contribution in [-0.2, 0) is 0 Å². The Morgan fingerprint density at radius 3 is 2.57 bits per heavy atom. The van der Waals surface area contributed by atoms with Crippen LogP contribution in [-0.4, -0.2) is 17.5 Å². The Morgan fingerprint density at radius 2 is 1.93 bits per heavy atom. The number of alkyl halides is 1. The molecular formula is C11H13FOS. The fourth-order valence-electron chi connectivity index (χ4n) is 1.02. The summed E-state index contributed by atoms with van der Waals surface area (Å²) >= 11 is 1.26. The van der Waals surface area contributed by atoms with Crippen LogP contribution in [0.2, 0.25) is 0 Å². The molecule has 0 bridgehead atoms. The zero-order valence-electron chi connectivity index (χ0n) is 7.91. The van der Waals surface area contributed by atoms with Crippen LogP contribution in [0.25, 0.3) is 0 Å². The maximum absolute atomic E-state index is 11.7.